The molecule has 0 aromatic heterocycles. The van der Waals surface area contributed by atoms with Gasteiger partial charge in [-0.05, 0) is 26.7 Å². The molecule has 78 valence electrons. The molecular formula is C11H22O2. The Morgan fingerprint density at radius 3 is 2.15 bits per heavy atom. The molecule has 0 saturated carbocycles. The van der Waals surface area contributed by atoms with Crippen LogP contribution in [0.15, 0.2) is 12.3 Å². The van der Waals surface area contributed by atoms with Crippen molar-refractivity contribution in [3.8, 4) is 0 Å². The lowest BCUT2D eigenvalue weighted by Gasteiger charge is -1.92. The molecule has 0 rings (SSSR count). The van der Waals surface area contributed by atoms with E-state index in [9.17, 15) is 4.79 Å². The van der Waals surface area contributed by atoms with Gasteiger partial charge in [-0.1, -0.05) is 32.3 Å². The molecule has 0 radical (unpaired) electrons. The molecule has 0 unspecified atom stereocenters. The van der Waals surface area contributed by atoms with Gasteiger partial charge in [0.25, 0.3) is 0 Å². The molecule has 0 aliphatic carbocycles. The third kappa shape index (κ3) is 35.0. The van der Waals surface area contributed by atoms with Crippen molar-refractivity contribution in [3.63, 3.8) is 0 Å². The monoisotopic (exact) mass is 186 g/mol. The average Bonchev–Trinajstić information content (AvgIpc) is 2.03. The van der Waals surface area contributed by atoms with E-state index in [1.807, 2.05) is 0 Å². The van der Waals surface area contributed by atoms with E-state index in [4.69, 9.17) is 5.11 Å². The second-order valence-corrected chi connectivity index (χ2v) is 3.14. The van der Waals surface area contributed by atoms with Gasteiger partial charge in [0, 0.05) is 0 Å². The van der Waals surface area contributed by atoms with Crippen LogP contribution in [0, 0.1) is 0 Å². The normalized spacial score (nSPS) is 9.46. The number of aliphatic hydroxyl groups excluding tert-OH is 1. The van der Waals surface area contributed by atoms with Gasteiger partial charge in [-0.25, -0.2) is 0 Å². The van der Waals surface area contributed by atoms with Crippen LogP contribution < -0.4 is 0 Å². The highest BCUT2D eigenvalue weighted by molar-refractivity contribution is 5.72. The van der Waals surface area contributed by atoms with Crippen LogP contribution in [-0.2, 0) is 4.79 Å². The van der Waals surface area contributed by atoms with Gasteiger partial charge < -0.3 is 9.90 Å². The van der Waals surface area contributed by atoms with Crippen LogP contribution in [0.3, 0.4) is 0 Å². The summed E-state index contributed by atoms with van der Waals surface area (Å²) in [4.78, 5) is 9.44. The molecule has 0 aliphatic heterocycles. The number of carbonyl (C=O) groups excluding carboxylic acids is 1. The standard InChI is InChI=1S/C8H16O.C3H6O/c1-2-3-4-5-6-7-8-9;1-3(2)4/h7-9H,2-6H2,1H3;1-2H3/b8-7+;. The maximum Gasteiger partial charge on any atom is 0.126 e. The van der Waals surface area contributed by atoms with E-state index in [0.29, 0.717) is 0 Å². The molecule has 0 aromatic carbocycles. The van der Waals surface area contributed by atoms with Crippen molar-refractivity contribution in [1.82, 2.24) is 0 Å². The van der Waals surface area contributed by atoms with Crippen LogP contribution in [0.25, 0.3) is 0 Å². The van der Waals surface area contributed by atoms with Gasteiger partial charge in [0.1, 0.15) is 5.78 Å². The third-order valence-corrected chi connectivity index (χ3v) is 1.33. The summed E-state index contributed by atoms with van der Waals surface area (Å²) in [5, 5.41) is 8.24. The molecule has 0 heterocycles. The van der Waals surface area contributed by atoms with Crippen LogP contribution in [0.5, 0.6) is 0 Å². The lowest BCUT2D eigenvalue weighted by atomic mass is 10.2. The summed E-state index contributed by atoms with van der Waals surface area (Å²) in [6, 6.07) is 0. The minimum Gasteiger partial charge on any atom is -0.516 e. The maximum atomic E-state index is 9.44. The van der Waals surface area contributed by atoms with E-state index in [-0.39, 0.29) is 5.78 Å². The van der Waals surface area contributed by atoms with Gasteiger partial charge in [-0.3, -0.25) is 0 Å². The average molecular weight is 186 g/mol. The topological polar surface area (TPSA) is 37.3 Å². The van der Waals surface area contributed by atoms with Gasteiger partial charge in [0.15, 0.2) is 0 Å². The summed E-state index contributed by atoms with van der Waals surface area (Å²) in [5.74, 6) is 0.167. The zero-order valence-electron chi connectivity index (χ0n) is 9.05. The van der Waals surface area contributed by atoms with Gasteiger partial charge in [0.05, 0.1) is 6.26 Å². The van der Waals surface area contributed by atoms with Crippen LogP contribution in [0.1, 0.15) is 52.9 Å². The molecule has 2 heteroatoms. The Kier molecular flexibility index (Phi) is 15.6. The van der Waals surface area contributed by atoms with Crippen molar-refractivity contribution in [2.45, 2.75) is 52.9 Å². The highest BCUT2D eigenvalue weighted by Crippen LogP contribution is 2.01. The zero-order chi connectivity index (χ0) is 10.5. The Labute approximate surface area is 81.7 Å². The molecule has 0 saturated heterocycles. The van der Waals surface area contributed by atoms with E-state index < -0.39 is 0 Å². The summed E-state index contributed by atoms with van der Waals surface area (Å²) in [6.45, 7) is 5.25. The van der Waals surface area contributed by atoms with E-state index in [2.05, 4.69) is 6.92 Å². The molecule has 0 fully saturated rings. The highest BCUT2D eigenvalue weighted by Gasteiger charge is 1.82. The maximum absolute atomic E-state index is 9.44. The molecule has 2 nitrogen and oxygen atoms in total. The summed E-state index contributed by atoms with van der Waals surface area (Å²) < 4.78 is 0. The van der Waals surface area contributed by atoms with E-state index in [1.165, 1.54) is 39.5 Å². The first kappa shape index (κ1) is 14.7. The van der Waals surface area contributed by atoms with E-state index >= 15 is 0 Å². The molecule has 0 bridgehead atoms. The SMILES string of the molecule is CC(C)=O.CCCCCC/C=C/O. The molecule has 0 aromatic rings. The van der Waals surface area contributed by atoms with Crippen molar-refractivity contribution >= 4 is 5.78 Å². The number of rotatable bonds is 5. The predicted octanol–water partition coefficient (Wildman–Crippen LogP) is 3.62. The summed E-state index contributed by atoms with van der Waals surface area (Å²) >= 11 is 0. The number of Topliss-reactive ketones (excluding diaryl/α,β-unsaturated/α-hetero) is 1. The minimum atomic E-state index is 0.167. The number of unbranched alkanes of at least 4 members (excludes halogenated alkanes) is 4. The second-order valence-electron chi connectivity index (χ2n) is 3.14. The zero-order valence-corrected chi connectivity index (χ0v) is 9.05. The molecular weight excluding hydrogens is 164 g/mol. The summed E-state index contributed by atoms with van der Waals surface area (Å²) in [7, 11) is 0. The Hall–Kier alpha value is -0.790. The molecule has 0 aliphatic rings. The molecule has 13 heavy (non-hydrogen) atoms. The first-order valence-corrected chi connectivity index (χ1v) is 4.91. The molecule has 0 atom stereocenters. The Morgan fingerprint density at radius 1 is 1.23 bits per heavy atom. The fourth-order valence-corrected chi connectivity index (χ4v) is 0.764. The fraction of sp³-hybridized carbons (Fsp3) is 0.727. The summed E-state index contributed by atoms with van der Waals surface area (Å²) in [6.07, 6.45) is 9.06. The second kappa shape index (κ2) is 13.8. The quantitative estimate of drug-likeness (QED) is 0.526. The molecule has 0 spiro atoms. The lowest BCUT2D eigenvalue weighted by Crippen LogP contribution is -1.72. The first-order valence-electron chi connectivity index (χ1n) is 4.91. The lowest BCUT2D eigenvalue weighted by molar-refractivity contribution is -0.114. The van der Waals surface area contributed by atoms with Crippen molar-refractivity contribution in [1.29, 1.82) is 0 Å². The number of allylic oxidation sites excluding steroid dienone is 1. The largest absolute Gasteiger partial charge is 0.516 e. The predicted molar refractivity (Wildman–Crippen MR) is 56.9 cm³/mol. The van der Waals surface area contributed by atoms with Crippen LogP contribution in [-0.4, -0.2) is 10.9 Å². The summed E-state index contributed by atoms with van der Waals surface area (Å²) in [5.41, 5.74) is 0. The number of carbonyl (C=O) groups is 1. The first-order chi connectivity index (χ1) is 6.15. The number of ketones is 1. The van der Waals surface area contributed by atoms with Crippen molar-refractivity contribution < 1.29 is 9.90 Å². The smallest absolute Gasteiger partial charge is 0.126 e. The number of hydrogen-bond acceptors (Lipinski definition) is 2. The highest BCUT2D eigenvalue weighted by atomic mass is 16.2. The molecule has 0 amide bonds. The van der Waals surface area contributed by atoms with Crippen molar-refractivity contribution in [2.24, 2.45) is 0 Å². The van der Waals surface area contributed by atoms with E-state index in [0.717, 1.165) is 12.7 Å². The Bertz CT molecular complexity index is 124. The van der Waals surface area contributed by atoms with Gasteiger partial charge in [-0.15, -0.1) is 0 Å². The van der Waals surface area contributed by atoms with Gasteiger partial charge in [0.2, 0.25) is 0 Å². The Balaban J connectivity index is 0. The van der Waals surface area contributed by atoms with Crippen LogP contribution >= 0.6 is 0 Å². The van der Waals surface area contributed by atoms with Crippen molar-refractivity contribution in [2.75, 3.05) is 0 Å². The minimum absolute atomic E-state index is 0.167. The van der Waals surface area contributed by atoms with Crippen LogP contribution in [0.2, 0.25) is 0 Å². The van der Waals surface area contributed by atoms with Gasteiger partial charge in [-0.2, -0.15) is 0 Å². The third-order valence-electron chi connectivity index (χ3n) is 1.33. The Morgan fingerprint density at radius 2 is 1.77 bits per heavy atom. The fourth-order valence-electron chi connectivity index (χ4n) is 0.764. The van der Waals surface area contributed by atoms with E-state index in [1.54, 1.807) is 6.08 Å². The molecule has 1 N–H and O–H groups in total. The number of hydrogen-bond donors (Lipinski definition) is 1. The van der Waals surface area contributed by atoms with Gasteiger partial charge >= 0.3 is 0 Å². The van der Waals surface area contributed by atoms with Crippen LogP contribution in [0.4, 0.5) is 0 Å². The number of aliphatic hydroxyl groups is 1. The van der Waals surface area contributed by atoms with Crippen molar-refractivity contribution in [3.05, 3.63) is 12.3 Å².